The Kier molecular flexibility index (Phi) is 13.1. The van der Waals surface area contributed by atoms with Crippen molar-refractivity contribution < 1.29 is 24.1 Å². The number of aliphatic hydroxyl groups excluding tert-OH is 1. The predicted molar refractivity (Wildman–Crippen MR) is 152 cm³/mol. The zero-order valence-electron chi connectivity index (χ0n) is 23.3. The smallest absolute Gasteiger partial charge is 0.335 e. The van der Waals surface area contributed by atoms with Crippen molar-refractivity contribution in [3.8, 4) is 11.1 Å². The number of ether oxygens (including phenoxy) is 1. The van der Waals surface area contributed by atoms with Gasteiger partial charge in [-0.2, -0.15) is 0 Å². The molecular weight excluding hydrogens is 481 g/mol. The van der Waals surface area contributed by atoms with Crippen LogP contribution in [-0.2, 0) is 4.74 Å². The number of benzene rings is 3. The summed E-state index contributed by atoms with van der Waals surface area (Å²) in [5.74, 6) is -1.06. The number of rotatable bonds is 8. The van der Waals surface area contributed by atoms with Crippen LogP contribution in [0.25, 0.3) is 11.1 Å². The molecule has 0 radical (unpaired) electrons. The molecule has 0 spiro atoms. The molecule has 0 bridgehead atoms. The Morgan fingerprint density at radius 3 is 2.32 bits per heavy atom. The first-order chi connectivity index (χ1) is 18.2. The van der Waals surface area contributed by atoms with Gasteiger partial charge in [0.2, 0.25) is 0 Å². The van der Waals surface area contributed by atoms with Gasteiger partial charge in [-0.05, 0) is 92.7 Å². The van der Waals surface area contributed by atoms with Gasteiger partial charge in [0.15, 0.2) is 0 Å². The maximum atomic E-state index is 12.6. The highest BCUT2D eigenvalue weighted by Crippen LogP contribution is 2.30. The number of β-amino-alcohol motifs (C(OH)–C–C–N with tert-alkyl or cyclic N) is 1. The molecule has 3 aromatic rings. The van der Waals surface area contributed by atoms with E-state index in [-0.39, 0.29) is 24.1 Å². The van der Waals surface area contributed by atoms with Crippen molar-refractivity contribution in [3.05, 3.63) is 94.8 Å². The van der Waals surface area contributed by atoms with Gasteiger partial charge >= 0.3 is 5.97 Å². The van der Waals surface area contributed by atoms with E-state index in [9.17, 15) is 19.4 Å². The topological polar surface area (TPSA) is 70.0 Å². The Morgan fingerprint density at radius 2 is 1.68 bits per heavy atom. The minimum atomic E-state index is -0.941. The third kappa shape index (κ3) is 9.67. The molecule has 1 heterocycles. The van der Waals surface area contributed by atoms with E-state index in [4.69, 9.17) is 4.74 Å². The van der Waals surface area contributed by atoms with E-state index in [1.807, 2.05) is 64.1 Å². The molecule has 2 N–H and O–H groups in total. The van der Waals surface area contributed by atoms with Crippen LogP contribution < -0.4 is 0 Å². The largest absolute Gasteiger partial charge is 0.478 e. The minimum absolute atomic E-state index is 0.116. The molecule has 1 aliphatic heterocycles. The van der Waals surface area contributed by atoms with Gasteiger partial charge in [-0.15, -0.1) is 0 Å². The van der Waals surface area contributed by atoms with E-state index >= 15 is 0 Å². The summed E-state index contributed by atoms with van der Waals surface area (Å²) in [4.78, 5) is 13.5. The molecule has 2 unspecified atom stereocenters. The highest BCUT2D eigenvalue weighted by Gasteiger charge is 2.18. The minimum Gasteiger partial charge on any atom is -0.478 e. The third-order valence-corrected chi connectivity index (χ3v) is 6.35. The molecule has 0 aromatic heterocycles. The van der Waals surface area contributed by atoms with Crippen molar-refractivity contribution in [2.24, 2.45) is 0 Å². The Balaban J connectivity index is 0.000000387. The molecule has 38 heavy (non-hydrogen) atoms. The molecule has 5 nitrogen and oxygen atoms in total. The van der Waals surface area contributed by atoms with Crippen LogP contribution in [-0.4, -0.2) is 53.4 Å². The maximum absolute atomic E-state index is 12.6. The summed E-state index contributed by atoms with van der Waals surface area (Å²) in [5.41, 5.74) is 4.71. The third-order valence-electron chi connectivity index (χ3n) is 6.35. The number of likely N-dealkylation sites (tertiary alicyclic amines) is 1. The molecule has 4 rings (SSSR count). The number of carboxylic acid groups (broad SMARTS) is 1. The van der Waals surface area contributed by atoms with Crippen LogP contribution in [0.4, 0.5) is 4.39 Å². The number of hydrogen-bond donors (Lipinski definition) is 2. The highest BCUT2D eigenvalue weighted by molar-refractivity contribution is 5.89. The number of aromatic carboxylic acids is 1. The number of aryl methyl sites for hydroxylation is 2. The lowest BCUT2D eigenvalue weighted by Gasteiger charge is -2.22. The van der Waals surface area contributed by atoms with E-state index in [2.05, 4.69) is 4.90 Å². The second kappa shape index (κ2) is 16.0. The fourth-order valence-electron chi connectivity index (χ4n) is 4.29. The summed E-state index contributed by atoms with van der Waals surface area (Å²) in [6.45, 7) is 12.6. The van der Waals surface area contributed by atoms with Gasteiger partial charge in [-0.3, -0.25) is 0 Å². The molecule has 1 fully saturated rings. The van der Waals surface area contributed by atoms with E-state index in [0.717, 1.165) is 35.3 Å². The lowest BCUT2D eigenvalue weighted by atomic mass is 9.95. The van der Waals surface area contributed by atoms with Crippen molar-refractivity contribution in [2.45, 2.75) is 59.7 Å². The number of halogens is 1. The summed E-state index contributed by atoms with van der Waals surface area (Å²) in [6, 6.07) is 20.0. The average molecular weight is 524 g/mol. The van der Waals surface area contributed by atoms with Gasteiger partial charge in [0.1, 0.15) is 5.82 Å². The average Bonchev–Trinajstić information content (AvgIpc) is 3.44. The number of carboxylic acids is 1. The summed E-state index contributed by atoms with van der Waals surface area (Å²) >= 11 is 0. The van der Waals surface area contributed by atoms with Crippen LogP contribution >= 0.6 is 0 Å². The zero-order chi connectivity index (χ0) is 28.1. The van der Waals surface area contributed by atoms with Gasteiger partial charge in [-0.25, -0.2) is 9.18 Å². The van der Waals surface area contributed by atoms with Crippen LogP contribution in [0.1, 0.15) is 66.8 Å². The zero-order valence-corrected chi connectivity index (χ0v) is 23.3. The van der Waals surface area contributed by atoms with Crippen molar-refractivity contribution >= 4 is 5.97 Å². The van der Waals surface area contributed by atoms with Gasteiger partial charge < -0.3 is 19.8 Å². The second-order valence-electron chi connectivity index (χ2n) is 9.36. The Labute approximate surface area is 226 Å². The van der Waals surface area contributed by atoms with E-state index in [1.165, 1.54) is 18.9 Å². The normalized spacial score (nSPS) is 14.5. The molecule has 6 heteroatoms. The van der Waals surface area contributed by atoms with Crippen LogP contribution in [0, 0.1) is 19.7 Å². The lowest BCUT2D eigenvalue weighted by molar-refractivity contribution is -0.0131. The van der Waals surface area contributed by atoms with Crippen molar-refractivity contribution in [3.63, 3.8) is 0 Å². The van der Waals surface area contributed by atoms with Crippen LogP contribution in [0.5, 0.6) is 0 Å². The standard InChI is InChI=1S/C22H27NO4.C8H9F.C2H6/c1-16(27-15-19(24)14-23-11-4-5-12-23)20-9-2-3-10-21(20)17-7-6-8-18(13-17)22(25)26;1-6-3-4-7(2)8(9)5-6;1-2/h2-3,6-10,13,16,19,24H,4-5,11-12,14-15H2,1H3,(H,25,26);3-5H,1-2H3;1-2H3. The number of carbonyl (C=O) groups is 1. The highest BCUT2D eigenvalue weighted by atomic mass is 19.1. The molecule has 0 saturated carbocycles. The maximum Gasteiger partial charge on any atom is 0.335 e. The van der Waals surface area contributed by atoms with Crippen LogP contribution in [0.15, 0.2) is 66.7 Å². The molecule has 3 aromatic carbocycles. The van der Waals surface area contributed by atoms with Gasteiger partial charge in [0, 0.05) is 6.54 Å². The molecule has 2 atom stereocenters. The summed E-state index contributed by atoms with van der Waals surface area (Å²) in [6.07, 6.45) is 1.69. The number of hydrogen-bond acceptors (Lipinski definition) is 4. The second-order valence-corrected chi connectivity index (χ2v) is 9.36. The number of nitrogens with zero attached hydrogens (tertiary/aromatic N) is 1. The summed E-state index contributed by atoms with van der Waals surface area (Å²) in [7, 11) is 0. The molecule has 1 aliphatic rings. The van der Waals surface area contributed by atoms with Gasteiger partial charge in [0.25, 0.3) is 0 Å². The summed E-state index contributed by atoms with van der Waals surface area (Å²) in [5, 5.41) is 19.5. The van der Waals surface area contributed by atoms with Crippen molar-refractivity contribution in [1.82, 2.24) is 4.90 Å². The monoisotopic (exact) mass is 523 g/mol. The molecular formula is C32H42FNO4. The van der Waals surface area contributed by atoms with E-state index < -0.39 is 12.1 Å². The predicted octanol–water partition coefficient (Wildman–Crippen LogP) is 7.05. The fraction of sp³-hybridized carbons (Fsp3) is 0.406. The first kappa shape index (κ1) is 31.2. The molecule has 0 aliphatic carbocycles. The van der Waals surface area contributed by atoms with E-state index in [0.29, 0.717) is 12.1 Å². The quantitative estimate of drug-likeness (QED) is 0.331. The molecule has 206 valence electrons. The Morgan fingerprint density at radius 1 is 1.00 bits per heavy atom. The first-order valence-electron chi connectivity index (χ1n) is 13.4. The van der Waals surface area contributed by atoms with Gasteiger partial charge in [-0.1, -0.05) is 62.4 Å². The van der Waals surface area contributed by atoms with Crippen LogP contribution in [0.3, 0.4) is 0 Å². The molecule has 0 amide bonds. The van der Waals surface area contributed by atoms with Crippen molar-refractivity contribution in [1.29, 1.82) is 0 Å². The van der Waals surface area contributed by atoms with Crippen LogP contribution in [0.2, 0.25) is 0 Å². The number of aliphatic hydroxyl groups is 1. The SMILES string of the molecule is CC.CC(OCC(O)CN1CCCC1)c1ccccc1-c1cccc(C(=O)O)c1.Cc1ccc(C)c(F)c1. The Hall–Kier alpha value is -3.06. The van der Waals surface area contributed by atoms with Gasteiger partial charge in [0.05, 0.1) is 24.4 Å². The Bertz CT molecular complexity index is 1140. The van der Waals surface area contributed by atoms with E-state index in [1.54, 1.807) is 31.2 Å². The fourth-order valence-corrected chi connectivity index (χ4v) is 4.29. The van der Waals surface area contributed by atoms with Crippen molar-refractivity contribution in [2.75, 3.05) is 26.2 Å². The lowest BCUT2D eigenvalue weighted by Crippen LogP contribution is -2.33. The first-order valence-corrected chi connectivity index (χ1v) is 13.4. The summed E-state index contributed by atoms with van der Waals surface area (Å²) < 4.78 is 18.5. The molecule has 1 saturated heterocycles.